The molecule has 2 rings (SSSR count). The van der Waals surface area contributed by atoms with Crippen LogP contribution in [0.4, 0.5) is 11.4 Å². The summed E-state index contributed by atoms with van der Waals surface area (Å²) in [7, 11) is -2.15. The lowest BCUT2D eigenvalue weighted by molar-refractivity contribution is -0.384. The molecule has 0 saturated heterocycles. The van der Waals surface area contributed by atoms with Crippen molar-refractivity contribution in [3.05, 3.63) is 28.3 Å². The first-order chi connectivity index (χ1) is 9.85. The lowest BCUT2D eigenvalue weighted by Crippen LogP contribution is -2.36. The highest BCUT2D eigenvalue weighted by molar-refractivity contribution is 7.89. The van der Waals surface area contributed by atoms with Crippen LogP contribution < -0.4 is 10.0 Å². The van der Waals surface area contributed by atoms with E-state index in [-0.39, 0.29) is 22.3 Å². The Kier molecular flexibility index (Phi) is 4.48. The van der Waals surface area contributed by atoms with Gasteiger partial charge in [-0.25, -0.2) is 13.1 Å². The van der Waals surface area contributed by atoms with Crippen molar-refractivity contribution in [3.63, 3.8) is 0 Å². The third kappa shape index (κ3) is 3.33. The molecule has 0 radical (unpaired) electrons. The predicted molar refractivity (Wildman–Crippen MR) is 79.8 cm³/mol. The maximum atomic E-state index is 12.4. The number of benzene rings is 1. The summed E-state index contributed by atoms with van der Waals surface area (Å²) in [5, 5.41) is 13.5. The Balaban J connectivity index is 2.30. The standard InChI is InChI=1S/C13H19N3O4S/c1-9-4-3-5-11(9)15-21(19,20)10-6-7-13(16(17)18)12(8-10)14-2/h6-9,11,14-15H,3-5H2,1-2H3. The molecule has 0 heterocycles. The molecule has 7 nitrogen and oxygen atoms in total. The molecule has 116 valence electrons. The van der Waals surface area contributed by atoms with Crippen molar-refractivity contribution in [1.82, 2.24) is 4.72 Å². The fourth-order valence-electron chi connectivity index (χ4n) is 2.63. The molecule has 1 aliphatic rings. The molecule has 2 unspecified atom stereocenters. The zero-order valence-corrected chi connectivity index (χ0v) is 12.8. The van der Waals surface area contributed by atoms with Gasteiger partial charge in [-0.3, -0.25) is 10.1 Å². The summed E-state index contributed by atoms with van der Waals surface area (Å²) >= 11 is 0. The lowest BCUT2D eigenvalue weighted by atomic mass is 10.1. The van der Waals surface area contributed by atoms with Gasteiger partial charge in [-0.05, 0) is 30.9 Å². The number of nitrogens with one attached hydrogen (secondary N) is 2. The Hall–Kier alpha value is -1.67. The van der Waals surface area contributed by atoms with Crippen molar-refractivity contribution in [2.45, 2.75) is 37.1 Å². The molecule has 1 aliphatic carbocycles. The van der Waals surface area contributed by atoms with E-state index in [1.54, 1.807) is 0 Å². The fourth-order valence-corrected chi connectivity index (χ4v) is 4.03. The second-order valence-corrected chi connectivity index (χ2v) is 7.04. The van der Waals surface area contributed by atoms with E-state index in [0.717, 1.165) is 19.3 Å². The van der Waals surface area contributed by atoms with Crippen LogP contribution in [0.15, 0.2) is 23.1 Å². The minimum absolute atomic E-state index is 0.0385. The van der Waals surface area contributed by atoms with Crippen molar-refractivity contribution >= 4 is 21.4 Å². The van der Waals surface area contributed by atoms with Gasteiger partial charge in [-0.15, -0.1) is 0 Å². The first-order valence-electron chi connectivity index (χ1n) is 6.83. The third-order valence-electron chi connectivity index (χ3n) is 3.91. The van der Waals surface area contributed by atoms with E-state index >= 15 is 0 Å². The first-order valence-corrected chi connectivity index (χ1v) is 8.32. The van der Waals surface area contributed by atoms with Gasteiger partial charge >= 0.3 is 0 Å². The molecule has 8 heteroatoms. The topological polar surface area (TPSA) is 101 Å². The van der Waals surface area contributed by atoms with Gasteiger partial charge in [0.1, 0.15) is 5.69 Å². The first kappa shape index (κ1) is 15.7. The molecule has 2 N–H and O–H groups in total. The average Bonchev–Trinajstić information content (AvgIpc) is 2.82. The van der Waals surface area contributed by atoms with Crippen molar-refractivity contribution in [1.29, 1.82) is 0 Å². The highest BCUT2D eigenvalue weighted by Crippen LogP contribution is 2.29. The second-order valence-electron chi connectivity index (χ2n) is 5.32. The van der Waals surface area contributed by atoms with Crippen LogP contribution in [0.5, 0.6) is 0 Å². The number of nitro benzene ring substituents is 1. The molecule has 21 heavy (non-hydrogen) atoms. The van der Waals surface area contributed by atoms with E-state index in [1.165, 1.54) is 25.2 Å². The highest BCUT2D eigenvalue weighted by atomic mass is 32.2. The number of nitro groups is 1. The number of hydrogen-bond acceptors (Lipinski definition) is 5. The fraction of sp³-hybridized carbons (Fsp3) is 0.538. The number of anilines is 1. The molecule has 0 spiro atoms. The van der Waals surface area contributed by atoms with Gasteiger partial charge in [0.15, 0.2) is 0 Å². The number of nitrogens with zero attached hydrogens (tertiary/aromatic N) is 1. The molecule has 0 amide bonds. The van der Waals surface area contributed by atoms with Crippen LogP contribution in [0.1, 0.15) is 26.2 Å². The molecule has 0 bridgehead atoms. The Morgan fingerprint density at radius 3 is 2.57 bits per heavy atom. The van der Waals surface area contributed by atoms with Gasteiger partial charge in [-0.1, -0.05) is 13.3 Å². The minimum atomic E-state index is -3.66. The van der Waals surface area contributed by atoms with Crippen LogP contribution >= 0.6 is 0 Å². The Morgan fingerprint density at radius 2 is 2.05 bits per heavy atom. The van der Waals surface area contributed by atoms with E-state index < -0.39 is 14.9 Å². The Bertz CT molecular complexity index is 645. The highest BCUT2D eigenvalue weighted by Gasteiger charge is 2.29. The number of hydrogen-bond donors (Lipinski definition) is 2. The molecule has 0 aromatic heterocycles. The zero-order chi connectivity index (χ0) is 15.6. The van der Waals surface area contributed by atoms with Crippen LogP contribution in [0.2, 0.25) is 0 Å². The van der Waals surface area contributed by atoms with Crippen molar-refractivity contribution < 1.29 is 13.3 Å². The molecule has 2 atom stereocenters. The van der Waals surface area contributed by atoms with Gasteiger partial charge in [0.25, 0.3) is 5.69 Å². The molecule has 1 saturated carbocycles. The normalized spacial score (nSPS) is 22.2. The SMILES string of the molecule is CNc1cc(S(=O)(=O)NC2CCCC2C)ccc1[N+](=O)[O-]. The van der Waals surface area contributed by atoms with Gasteiger partial charge in [0.2, 0.25) is 10.0 Å². The summed E-state index contributed by atoms with van der Waals surface area (Å²) in [6.45, 7) is 2.02. The zero-order valence-electron chi connectivity index (χ0n) is 12.0. The van der Waals surface area contributed by atoms with Gasteiger partial charge in [0.05, 0.1) is 9.82 Å². The smallest absolute Gasteiger partial charge is 0.292 e. The second kappa shape index (κ2) is 5.98. The van der Waals surface area contributed by atoms with Gasteiger partial charge in [0, 0.05) is 19.2 Å². The van der Waals surface area contributed by atoms with Gasteiger partial charge in [-0.2, -0.15) is 0 Å². The van der Waals surface area contributed by atoms with E-state index in [0.29, 0.717) is 5.92 Å². The number of sulfonamides is 1. The quantitative estimate of drug-likeness (QED) is 0.640. The van der Waals surface area contributed by atoms with Gasteiger partial charge < -0.3 is 5.32 Å². The van der Waals surface area contributed by atoms with E-state index in [4.69, 9.17) is 0 Å². The summed E-state index contributed by atoms with van der Waals surface area (Å²) in [6.07, 6.45) is 2.85. The third-order valence-corrected chi connectivity index (χ3v) is 5.40. The molecular formula is C13H19N3O4S. The molecule has 1 fully saturated rings. The van der Waals surface area contributed by atoms with Crippen molar-refractivity contribution in [2.24, 2.45) is 5.92 Å². The van der Waals surface area contributed by atoms with E-state index in [9.17, 15) is 18.5 Å². The molecule has 0 aliphatic heterocycles. The average molecular weight is 313 g/mol. The summed E-state index contributed by atoms with van der Waals surface area (Å²) in [4.78, 5) is 10.4. The Labute approximate surface area is 123 Å². The maximum absolute atomic E-state index is 12.4. The maximum Gasteiger partial charge on any atom is 0.292 e. The molecular weight excluding hydrogens is 294 g/mol. The van der Waals surface area contributed by atoms with Crippen LogP contribution in [0.3, 0.4) is 0 Å². The predicted octanol–water partition coefficient (Wildman–Crippen LogP) is 2.10. The van der Waals surface area contributed by atoms with Crippen LogP contribution in [0, 0.1) is 16.0 Å². The Morgan fingerprint density at radius 1 is 1.33 bits per heavy atom. The number of rotatable bonds is 5. The molecule has 1 aromatic rings. The summed E-state index contributed by atoms with van der Waals surface area (Å²) < 4.78 is 27.4. The largest absolute Gasteiger partial charge is 0.383 e. The van der Waals surface area contributed by atoms with Crippen LogP contribution in [-0.2, 0) is 10.0 Å². The monoisotopic (exact) mass is 313 g/mol. The van der Waals surface area contributed by atoms with Crippen molar-refractivity contribution in [2.75, 3.05) is 12.4 Å². The summed E-state index contributed by atoms with van der Waals surface area (Å²) in [5.74, 6) is 0.307. The van der Waals surface area contributed by atoms with Crippen molar-refractivity contribution in [3.8, 4) is 0 Å². The lowest BCUT2D eigenvalue weighted by Gasteiger charge is -2.17. The summed E-state index contributed by atoms with van der Waals surface area (Å²) in [6, 6.07) is 3.70. The van der Waals surface area contributed by atoms with Crippen LogP contribution in [-0.4, -0.2) is 26.4 Å². The molecule has 1 aromatic carbocycles. The van der Waals surface area contributed by atoms with E-state index in [2.05, 4.69) is 10.0 Å². The van der Waals surface area contributed by atoms with E-state index in [1.807, 2.05) is 6.92 Å². The summed E-state index contributed by atoms with van der Waals surface area (Å²) in [5.41, 5.74) is 0.0352. The minimum Gasteiger partial charge on any atom is -0.383 e. The van der Waals surface area contributed by atoms with Crippen LogP contribution in [0.25, 0.3) is 0 Å².